The van der Waals surface area contributed by atoms with Crippen LogP contribution in [0.1, 0.15) is 30.9 Å². The number of thioether (sulfide) groups is 1. The van der Waals surface area contributed by atoms with Crippen molar-refractivity contribution >= 4 is 29.2 Å². The van der Waals surface area contributed by atoms with Gasteiger partial charge in [-0.1, -0.05) is 30.8 Å². The summed E-state index contributed by atoms with van der Waals surface area (Å²) >= 11 is 1.39. The predicted molar refractivity (Wildman–Crippen MR) is 105 cm³/mol. The highest BCUT2D eigenvalue weighted by Gasteiger charge is 2.36. The van der Waals surface area contributed by atoms with Crippen molar-refractivity contribution in [2.24, 2.45) is 0 Å². The van der Waals surface area contributed by atoms with Crippen molar-refractivity contribution in [2.75, 3.05) is 18.2 Å². The predicted octanol–water partition coefficient (Wildman–Crippen LogP) is 2.79. The van der Waals surface area contributed by atoms with Gasteiger partial charge in [0.15, 0.2) is 5.16 Å². The van der Waals surface area contributed by atoms with Crippen LogP contribution < -0.4 is 10.9 Å². The Bertz CT molecular complexity index is 1030. The van der Waals surface area contributed by atoms with Crippen LogP contribution >= 0.6 is 11.8 Å². The summed E-state index contributed by atoms with van der Waals surface area (Å²) in [6.45, 7) is 3.64. The second-order valence-electron chi connectivity index (χ2n) is 6.00. The van der Waals surface area contributed by atoms with Crippen molar-refractivity contribution in [1.82, 2.24) is 9.97 Å². The fraction of sp³-hybridized carbons (Fsp3) is 0.278. The summed E-state index contributed by atoms with van der Waals surface area (Å²) in [7, 11) is 1.26. The molecule has 0 amide bonds. The molecule has 1 aliphatic rings. The number of benzene rings is 1. The quantitative estimate of drug-likeness (QED) is 0.257. The van der Waals surface area contributed by atoms with Gasteiger partial charge in [0.25, 0.3) is 11.2 Å². The number of carbonyl (C=O) groups excluding carboxylic acids is 1. The standard InChI is InChI=1S/C18H18N4O5S/c1-4-28-18-20-15-14(16(23)21-18)13(12(9(2)19-15)17(24)27-3)10-5-7-11(8-6-10)22(25)26/h5-8,13H,4H2,1-3H3,(H2,19,20,21,23)/t13-/m0/s1. The Hall–Kier alpha value is -3.14. The number of nitrogens with zero attached hydrogens (tertiary/aromatic N) is 2. The molecule has 0 unspecified atom stereocenters. The van der Waals surface area contributed by atoms with Gasteiger partial charge >= 0.3 is 5.97 Å². The molecule has 1 aromatic carbocycles. The van der Waals surface area contributed by atoms with Crippen LogP contribution in [0.15, 0.2) is 45.5 Å². The molecule has 2 N–H and O–H groups in total. The van der Waals surface area contributed by atoms with Crippen molar-refractivity contribution < 1.29 is 14.5 Å². The van der Waals surface area contributed by atoms with Gasteiger partial charge in [-0.2, -0.15) is 0 Å². The smallest absolute Gasteiger partial charge is 0.336 e. The molecule has 146 valence electrons. The van der Waals surface area contributed by atoms with Crippen molar-refractivity contribution in [2.45, 2.75) is 24.9 Å². The molecule has 0 fully saturated rings. The van der Waals surface area contributed by atoms with E-state index in [1.54, 1.807) is 6.92 Å². The van der Waals surface area contributed by atoms with Gasteiger partial charge in [-0.3, -0.25) is 14.9 Å². The minimum atomic E-state index is -0.763. The van der Waals surface area contributed by atoms with E-state index in [0.717, 1.165) is 5.75 Å². The normalized spacial score (nSPS) is 15.6. The average Bonchev–Trinajstić information content (AvgIpc) is 2.66. The lowest BCUT2D eigenvalue weighted by Gasteiger charge is -2.28. The Morgan fingerprint density at radius 2 is 2.04 bits per heavy atom. The van der Waals surface area contributed by atoms with E-state index in [2.05, 4.69) is 15.3 Å². The fourth-order valence-electron chi connectivity index (χ4n) is 3.14. The van der Waals surface area contributed by atoms with Gasteiger partial charge in [0.1, 0.15) is 5.82 Å². The van der Waals surface area contributed by atoms with Gasteiger partial charge < -0.3 is 15.0 Å². The number of hydrogen-bond donors (Lipinski definition) is 2. The lowest BCUT2D eigenvalue weighted by molar-refractivity contribution is -0.384. The van der Waals surface area contributed by atoms with Crippen molar-refractivity contribution in [3.63, 3.8) is 0 Å². The van der Waals surface area contributed by atoms with Crippen LogP contribution in [0.4, 0.5) is 11.5 Å². The monoisotopic (exact) mass is 402 g/mol. The number of anilines is 1. The van der Waals surface area contributed by atoms with Crippen LogP contribution in [0.5, 0.6) is 0 Å². The number of H-pyrrole nitrogens is 1. The van der Waals surface area contributed by atoms with E-state index < -0.39 is 16.8 Å². The van der Waals surface area contributed by atoms with E-state index in [1.807, 2.05) is 6.92 Å². The van der Waals surface area contributed by atoms with Crippen LogP contribution in [0.2, 0.25) is 0 Å². The SMILES string of the molecule is CCSc1nc2c(c(=O)[nH]1)[C@@H](c1ccc([N+](=O)[O-])cc1)C(C(=O)OC)=C(C)N2. The van der Waals surface area contributed by atoms with Crippen LogP contribution in [-0.4, -0.2) is 33.7 Å². The van der Waals surface area contributed by atoms with Gasteiger partial charge in [0, 0.05) is 17.8 Å². The molecule has 0 aliphatic carbocycles. The van der Waals surface area contributed by atoms with Crippen LogP contribution in [-0.2, 0) is 9.53 Å². The van der Waals surface area contributed by atoms with Gasteiger partial charge in [-0.15, -0.1) is 0 Å². The van der Waals surface area contributed by atoms with Crippen molar-refractivity contribution in [1.29, 1.82) is 0 Å². The maximum Gasteiger partial charge on any atom is 0.336 e. The minimum Gasteiger partial charge on any atom is -0.466 e. The number of aromatic amines is 1. The Kier molecular flexibility index (Phi) is 5.50. The zero-order valence-electron chi connectivity index (χ0n) is 15.4. The molecular formula is C18H18N4O5S. The molecule has 0 bridgehead atoms. The van der Waals surface area contributed by atoms with Gasteiger partial charge in [0.2, 0.25) is 0 Å². The third-order valence-corrected chi connectivity index (χ3v) is 5.10. The van der Waals surface area contributed by atoms with E-state index in [4.69, 9.17) is 4.74 Å². The molecule has 1 aromatic heterocycles. The third kappa shape index (κ3) is 3.50. The molecule has 0 saturated carbocycles. The van der Waals surface area contributed by atoms with E-state index >= 15 is 0 Å². The maximum atomic E-state index is 12.8. The first-order chi connectivity index (χ1) is 13.4. The van der Waals surface area contributed by atoms with Crippen LogP contribution in [0, 0.1) is 10.1 Å². The summed E-state index contributed by atoms with van der Waals surface area (Å²) in [4.78, 5) is 42.9. The molecule has 9 nitrogen and oxygen atoms in total. The summed E-state index contributed by atoms with van der Waals surface area (Å²) in [6.07, 6.45) is 0. The Morgan fingerprint density at radius 1 is 1.36 bits per heavy atom. The minimum absolute atomic E-state index is 0.0834. The fourth-order valence-corrected chi connectivity index (χ4v) is 3.73. The van der Waals surface area contributed by atoms with Gasteiger partial charge in [-0.25, -0.2) is 9.78 Å². The van der Waals surface area contributed by atoms with E-state index in [9.17, 15) is 19.7 Å². The number of non-ortho nitro benzene ring substituents is 1. The Morgan fingerprint density at radius 3 is 2.61 bits per heavy atom. The number of carbonyl (C=O) groups is 1. The summed E-state index contributed by atoms with van der Waals surface area (Å²) in [5, 5.41) is 14.4. The molecule has 1 aliphatic heterocycles. The highest BCUT2D eigenvalue weighted by atomic mass is 32.2. The zero-order chi connectivity index (χ0) is 20.4. The van der Waals surface area contributed by atoms with E-state index in [1.165, 1.54) is 43.1 Å². The highest BCUT2D eigenvalue weighted by Crippen LogP contribution is 2.40. The lowest BCUT2D eigenvalue weighted by atomic mass is 9.82. The maximum absolute atomic E-state index is 12.8. The first-order valence-corrected chi connectivity index (χ1v) is 9.43. The first kappa shape index (κ1) is 19.6. The second kappa shape index (κ2) is 7.85. The molecule has 2 heterocycles. The summed E-state index contributed by atoms with van der Waals surface area (Å²) in [5.41, 5.74) is 1.11. The number of esters is 1. The molecule has 10 heteroatoms. The first-order valence-electron chi connectivity index (χ1n) is 8.44. The van der Waals surface area contributed by atoms with Crippen LogP contribution in [0.3, 0.4) is 0 Å². The number of hydrogen-bond acceptors (Lipinski definition) is 8. The van der Waals surface area contributed by atoms with Gasteiger partial charge in [-0.05, 0) is 18.2 Å². The topological polar surface area (TPSA) is 127 Å². The Labute approximate surface area is 164 Å². The summed E-state index contributed by atoms with van der Waals surface area (Å²) in [6, 6.07) is 5.74. The number of nitro benzene ring substituents is 1. The number of aromatic nitrogens is 2. The second-order valence-corrected chi connectivity index (χ2v) is 7.26. The number of nitrogens with one attached hydrogen (secondary N) is 2. The summed E-state index contributed by atoms with van der Waals surface area (Å²) in [5.74, 6) is -0.268. The number of fused-ring (bicyclic) bond motifs is 1. The molecule has 0 spiro atoms. The molecule has 28 heavy (non-hydrogen) atoms. The summed E-state index contributed by atoms with van der Waals surface area (Å²) < 4.78 is 4.91. The van der Waals surface area contributed by atoms with E-state index in [0.29, 0.717) is 22.2 Å². The van der Waals surface area contributed by atoms with Crippen molar-refractivity contribution in [3.8, 4) is 0 Å². The number of methoxy groups -OCH3 is 1. The zero-order valence-corrected chi connectivity index (χ0v) is 16.3. The highest BCUT2D eigenvalue weighted by molar-refractivity contribution is 7.99. The molecule has 1 atom stereocenters. The number of ether oxygens (including phenoxy) is 1. The molecule has 2 aromatic rings. The molecular weight excluding hydrogens is 384 g/mol. The number of allylic oxidation sites excluding steroid dienone is 1. The average molecular weight is 402 g/mol. The number of nitro groups is 1. The van der Waals surface area contributed by atoms with Gasteiger partial charge in [0.05, 0.1) is 29.1 Å². The lowest BCUT2D eigenvalue weighted by Crippen LogP contribution is -2.31. The molecule has 0 saturated heterocycles. The van der Waals surface area contributed by atoms with Crippen molar-refractivity contribution in [3.05, 3.63) is 67.1 Å². The largest absolute Gasteiger partial charge is 0.466 e. The molecule has 3 rings (SSSR count). The third-order valence-electron chi connectivity index (χ3n) is 4.34. The van der Waals surface area contributed by atoms with Crippen LogP contribution in [0.25, 0.3) is 0 Å². The Balaban J connectivity index is 2.22. The molecule has 0 radical (unpaired) electrons. The van der Waals surface area contributed by atoms with E-state index in [-0.39, 0.29) is 22.4 Å². The number of rotatable bonds is 5.